The van der Waals surface area contributed by atoms with E-state index in [9.17, 15) is 0 Å². The summed E-state index contributed by atoms with van der Waals surface area (Å²) in [6.07, 6.45) is 4.07. The molecule has 1 saturated heterocycles. The second-order valence-corrected chi connectivity index (χ2v) is 7.09. The van der Waals surface area contributed by atoms with E-state index in [0.717, 1.165) is 15.5 Å². The van der Waals surface area contributed by atoms with Crippen LogP contribution in [0.4, 0.5) is 0 Å². The van der Waals surface area contributed by atoms with Gasteiger partial charge in [-0.25, -0.2) is 0 Å². The van der Waals surface area contributed by atoms with Crippen LogP contribution in [0.3, 0.4) is 0 Å². The van der Waals surface area contributed by atoms with E-state index in [1.807, 2.05) is 6.07 Å². The van der Waals surface area contributed by atoms with E-state index >= 15 is 0 Å². The molecule has 1 aliphatic carbocycles. The minimum atomic E-state index is 0.310. The molecule has 1 aliphatic heterocycles. The van der Waals surface area contributed by atoms with Crippen molar-refractivity contribution in [1.82, 2.24) is 10.2 Å². The first-order chi connectivity index (χ1) is 9.13. The zero-order chi connectivity index (χ0) is 13.4. The highest BCUT2D eigenvalue weighted by atomic mass is 79.9. The summed E-state index contributed by atoms with van der Waals surface area (Å²) >= 11 is 9.77. The molecule has 1 aromatic rings. The molecule has 2 unspecified atom stereocenters. The van der Waals surface area contributed by atoms with E-state index in [0.29, 0.717) is 12.1 Å². The lowest BCUT2D eigenvalue weighted by Crippen LogP contribution is -2.35. The van der Waals surface area contributed by atoms with Crippen LogP contribution in [-0.2, 0) is 0 Å². The van der Waals surface area contributed by atoms with Crippen LogP contribution in [0.15, 0.2) is 22.7 Å². The molecule has 1 aromatic carbocycles. The Morgan fingerprint density at radius 3 is 2.84 bits per heavy atom. The molecule has 0 spiro atoms. The van der Waals surface area contributed by atoms with Gasteiger partial charge in [-0.3, -0.25) is 4.90 Å². The summed E-state index contributed by atoms with van der Waals surface area (Å²) in [6, 6.07) is 7.95. The fourth-order valence-corrected chi connectivity index (χ4v) is 3.83. The summed E-state index contributed by atoms with van der Waals surface area (Å²) in [5, 5.41) is 4.57. The molecule has 19 heavy (non-hydrogen) atoms. The summed E-state index contributed by atoms with van der Waals surface area (Å²) in [7, 11) is 0. The van der Waals surface area contributed by atoms with E-state index in [1.54, 1.807) is 0 Å². The Morgan fingerprint density at radius 2 is 2.16 bits per heavy atom. The van der Waals surface area contributed by atoms with Crippen LogP contribution in [0.25, 0.3) is 0 Å². The maximum absolute atomic E-state index is 6.32. The molecule has 1 N–H and O–H groups in total. The van der Waals surface area contributed by atoms with Crippen LogP contribution in [-0.4, -0.2) is 30.1 Å². The minimum Gasteiger partial charge on any atom is -0.306 e. The third kappa shape index (κ3) is 3.33. The average molecular weight is 344 g/mol. The Bertz CT molecular complexity index is 461. The molecule has 0 amide bonds. The quantitative estimate of drug-likeness (QED) is 0.889. The Balaban J connectivity index is 1.60. The first-order valence-electron chi connectivity index (χ1n) is 7.08. The number of likely N-dealkylation sites (tertiary alicyclic amines) is 1. The third-order valence-electron chi connectivity index (χ3n) is 4.20. The molecule has 1 heterocycles. The topological polar surface area (TPSA) is 15.3 Å². The molecule has 2 atom stereocenters. The fourth-order valence-electron chi connectivity index (χ4n) is 2.99. The average Bonchev–Trinajstić information content (AvgIpc) is 3.10. The Morgan fingerprint density at radius 1 is 1.37 bits per heavy atom. The zero-order valence-corrected chi connectivity index (χ0v) is 13.5. The molecule has 1 saturated carbocycles. The number of halogens is 2. The van der Waals surface area contributed by atoms with Gasteiger partial charge in [0.2, 0.25) is 0 Å². The number of benzene rings is 1. The molecule has 2 aliphatic rings. The van der Waals surface area contributed by atoms with E-state index < -0.39 is 0 Å². The van der Waals surface area contributed by atoms with Crippen LogP contribution in [0.5, 0.6) is 0 Å². The van der Waals surface area contributed by atoms with Crippen molar-refractivity contribution >= 4 is 27.5 Å². The molecule has 2 nitrogen and oxygen atoms in total. The summed E-state index contributed by atoms with van der Waals surface area (Å²) in [4.78, 5) is 2.63. The van der Waals surface area contributed by atoms with Gasteiger partial charge < -0.3 is 5.32 Å². The van der Waals surface area contributed by atoms with Gasteiger partial charge >= 0.3 is 0 Å². The van der Waals surface area contributed by atoms with Crippen molar-refractivity contribution in [3.8, 4) is 0 Å². The first kappa shape index (κ1) is 13.9. The third-order valence-corrected chi connectivity index (χ3v) is 5.02. The van der Waals surface area contributed by atoms with Crippen LogP contribution < -0.4 is 5.32 Å². The van der Waals surface area contributed by atoms with Gasteiger partial charge in [-0.05, 0) is 43.9 Å². The maximum atomic E-state index is 6.32. The number of hydrogen-bond acceptors (Lipinski definition) is 2. The summed E-state index contributed by atoms with van der Waals surface area (Å²) in [5.74, 6) is 0. The molecule has 3 rings (SSSR count). The van der Waals surface area contributed by atoms with Crippen LogP contribution >= 0.6 is 27.5 Å². The number of nitrogens with one attached hydrogen (secondary N) is 1. The predicted octanol–water partition coefficient (Wildman–Crippen LogP) is 3.99. The van der Waals surface area contributed by atoms with Crippen molar-refractivity contribution < 1.29 is 0 Å². The van der Waals surface area contributed by atoms with Crippen molar-refractivity contribution in [2.45, 2.75) is 44.3 Å². The molecule has 0 bridgehead atoms. The Labute approximate surface area is 128 Å². The maximum Gasteiger partial charge on any atom is 0.0464 e. The monoisotopic (exact) mass is 342 g/mol. The minimum absolute atomic E-state index is 0.310. The van der Waals surface area contributed by atoms with Gasteiger partial charge in [0, 0.05) is 40.7 Å². The molecule has 0 aromatic heterocycles. The standard InChI is InChI=1S/C15H20BrClN2/c1-10(14-5-2-11(16)8-15(14)17)18-12-6-7-19(9-12)13-3-4-13/h2,5,8,10,12-13,18H,3-4,6-7,9H2,1H3. The first-order valence-corrected chi connectivity index (χ1v) is 8.25. The van der Waals surface area contributed by atoms with Gasteiger partial charge in [-0.2, -0.15) is 0 Å². The molecule has 2 fully saturated rings. The normalized spacial score (nSPS) is 25.7. The lowest BCUT2D eigenvalue weighted by molar-refractivity contribution is 0.313. The highest BCUT2D eigenvalue weighted by Gasteiger charge is 2.34. The number of hydrogen-bond donors (Lipinski definition) is 1. The highest BCUT2D eigenvalue weighted by molar-refractivity contribution is 9.10. The van der Waals surface area contributed by atoms with Gasteiger partial charge in [0.25, 0.3) is 0 Å². The summed E-state index contributed by atoms with van der Waals surface area (Å²) < 4.78 is 1.04. The van der Waals surface area contributed by atoms with E-state index in [1.165, 1.54) is 37.9 Å². The lowest BCUT2D eigenvalue weighted by Gasteiger charge is -2.21. The predicted molar refractivity (Wildman–Crippen MR) is 83.7 cm³/mol. The van der Waals surface area contributed by atoms with Crippen LogP contribution in [0.2, 0.25) is 5.02 Å². The van der Waals surface area contributed by atoms with Crippen molar-refractivity contribution in [2.24, 2.45) is 0 Å². The second kappa shape index (κ2) is 5.72. The molecular formula is C15H20BrClN2. The zero-order valence-electron chi connectivity index (χ0n) is 11.2. The van der Waals surface area contributed by atoms with Crippen molar-refractivity contribution in [2.75, 3.05) is 13.1 Å². The van der Waals surface area contributed by atoms with Gasteiger partial charge in [0.05, 0.1) is 0 Å². The molecule has 0 radical (unpaired) electrons. The van der Waals surface area contributed by atoms with Crippen molar-refractivity contribution in [3.05, 3.63) is 33.3 Å². The van der Waals surface area contributed by atoms with Crippen molar-refractivity contribution in [3.63, 3.8) is 0 Å². The summed E-state index contributed by atoms with van der Waals surface area (Å²) in [6.45, 7) is 4.65. The largest absolute Gasteiger partial charge is 0.306 e. The summed E-state index contributed by atoms with van der Waals surface area (Å²) in [5.41, 5.74) is 1.19. The molecular weight excluding hydrogens is 324 g/mol. The van der Waals surface area contributed by atoms with E-state index in [4.69, 9.17) is 11.6 Å². The van der Waals surface area contributed by atoms with Crippen LogP contribution in [0, 0.1) is 0 Å². The lowest BCUT2D eigenvalue weighted by atomic mass is 10.1. The molecule has 104 valence electrons. The van der Waals surface area contributed by atoms with Crippen molar-refractivity contribution in [1.29, 1.82) is 0 Å². The van der Waals surface area contributed by atoms with Gasteiger partial charge in [-0.15, -0.1) is 0 Å². The van der Waals surface area contributed by atoms with Crippen LogP contribution in [0.1, 0.15) is 37.8 Å². The Kier molecular flexibility index (Phi) is 4.18. The fraction of sp³-hybridized carbons (Fsp3) is 0.600. The number of nitrogens with zero attached hydrogens (tertiary/aromatic N) is 1. The second-order valence-electron chi connectivity index (χ2n) is 5.77. The van der Waals surface area contributed by atoms with Gasteiger partial charge in [-0.1, -0.05) is 33.6 Å². The van der Waals surface area contributed by atoms with E-state index in [-0.39, 0.29) is 0 Å². The number of rotatable bonds is 4. The Hall–Kier alpha value is -0.0900. The SMILES string of the molecule is CC(NC1CCN(C2CC2)C1)c1ccc(Br)cc1Cl. The molecule has 4 heteroatoms. The smallest absolute Gasteiger partial charge is 0.0464 e. The highest BCUT2D eigenvalue weighted by Crippen LogP contribution is 2.31. The van der Waals surface area contributed by atoms with Gasteiger partial charge in [0.15, 0.2) is 0 Å². The van der Waals surface area contributed by atoms with Gasteiger partial charge in [0.1, 0.15) is 0 Å². The van der Waals surface area contributed by atoms with E-state index in [2.05, 4.69) is 45.2 Å².